The third-order valence-electron chi connectivity index (χ3n) is 5.15. The van der Waals surface area contributed by atoms with Gasteiger partial charge >= 0.3 is 0 Å². The first kappa shape index (κ1) is 16.9. The molecule has 0 aliphatic heterocycles. The van der Waals surface area contributed by atoms with E-state index in [0.717, 1.165) is 24.8 Å². The number of halogens is 2. The highest BCUT2D eigenvalue weighted by Gasteiger charge is 2.45. The molecule has 0 aromatic heterocycles. The maximum atomic E-state index is 14.5. The monoisotopic (exact) mass is 331 g/mol. The van der Waals surface area contributed by atoms with E-state index < -0.39 is 11.6 Å². The van der Waals surface area contributed by atoms with Crippen molar-refractivity contribution < 1.29 is 13.6 Å². The summed E-state index contributed by atoms with van der Waals surface area (Å²) in [4.78, 5) is 13.0. The first-order chi connectivity index (χ1) is 11.6. The van der Waals surface area contributed by atoms with E-state index >= 15 is 0 Å². The largest absolute Gasteiger partial charge is 0.351 e. The topological polar surface area (TPSA) is 29.1 Å². The molecule has 4 heteroatoms. The number of rotatable bonds is 4. The van der Waals surface area contributed by atoms with Gasteiger partial charge in [-0.2, -0.15) is 0 Å². The zero-order valence-corrected chi connectivity index (χ0v) is 13.7. The fraction of sp³-hybridized carbons (Fsp3) is 0.450. The summed E-state index contributed by atoms with van der Waals surface area (Å²) in [7, 11) is 0. The number of nitrogens with one attached hydrogen (secondary N) is 1. The number of amides is 1. The lowest BCUT2D eigenvalue weighted by molar-refractivity contribution is -0.131. The molecule has 1 fully saturated rings. The van der Waals surface area contributed by atoms with Crippen molar-refractivity contribution in [1.82, 2.24) is 5.32 Å². The molecule has 2 aliphatic rings. The standard InChI is InChI=1S/C20H23F2NO/c21-16-10-8-15(9-11-16)14-23-19(24)20(12-4-1-5-13-20)17-6-2-3-7-18(17)22/h2-3,6,8-11,18H,1,4-5,7,12-14H2,(H,23,24). The highest BCUT2D eigenvalue weighted by Crippen LogP contribution is 2.46. The second-order valence-corrected chi connectivity index (χ2v) is 6.71. The lowest BCUT2D eigenvalue weighted by Gasteiger charge is -2.39. The average Bonchev–Trinajstić information content (AvgIpc) is 2.62. The summed E-state index contributed by atoms with van der Waals surface area (Å²) in [6, 6.07) is 6.07. The van der Waals surface area contributed by atoms with Crippen LogP contribution in [0.15, 0.2) is 48.1 Å². The maximum Gasteiger partial charge on any atom is 0.230 e. The van der Waals surface area contributed by atoms with E-state index in [9.17, 15) is 13.6 Å². The number of hydrogen-bond donors (Lipinski definition) is 1. The van der Waals surface area contributed by atoms with Crippen LogP contribution in [-0.4, -0.2) is 12.1 Å². The van der Waals surface area contributed by atoms with E-state index in [0.29, 0.717) is 31.4 Å². The molecule has 0 bridgehead atoms. The van der Waals surface area contributed by atoms with Crippen LogP contribution < -0.4 is 5.32 Å². The summed E-state index contributed by atoms with van der Waals surface area (Å²) in [5.74, 6) is -0.399. The van der Waals surface area contributed by atoms with Crippen LogP contribution in [0.2, 0.25) is 0 Å². The van der Waals surface area contributed by atoms with Crippen LogP contribution in [0.1, 0.15) is 44.1 Å². The van der Waals surface area contributed by atoms with Crippen molar-refractivity contribution in [2.75, 3.05) is 0 Å². The molecule has 1 N–H and O–H groups in total. The van der Waals surface area contributed by atoms with Gasteiger partial charge in [-0.15, -0.1) is 0 Å². The molecule has 128 valence electrons. The van der Waals surface area contributed by atoms with E-state index in [1.807, 2.05) is 6.08 Å². The third-order valence-corrected chi connectivity index (χ3v) is 5.15. The zero-order valence-electron chi connectivity index (χ0n) is 13.7. The Bertz CT molecular complexity index is 642. The molecule has 1 unspecified atom stereocenters. The van der Waals surface area contributed by atoms with Gasteiger partial charge in [-0.05, 0) is 36.1 Å². The molecule has 2 nitrogen and oxygen atoms in total. The highest BCUT2D eigenvalue weighted by molar-refractivity contribution is 5.86. The quantitative estimate of drug-likeness (QED) is 0.857. The number of carbonyl (C=O) groups excluding carboxylic acids is 1. The molecular formula is C20H23F2NO. The Hall–Kier alpha value is -1.97. The van der Waals surface area contributed by atoms with E-state index in [1.54, 1.807) is 24.3 Å². The molecule has 24 heavy (non-hydrogen) atoms. The minimum atomic E-state index is -1.08. The summed E-state index contributed by atoms with van der Waals surface area (Å²) in [6.07, 6.45) is 9.09. The first-order valence-electron chi connectivity index (χ1n) is 8.66. The van der Waals surface area contributed by atoms with Crippen LogP contribution in [0.3, 0.4) is 0 Å². The third kappa shape index (κ3) is 3.42. The second-order valence-electron chi connectivity index (χ2n) is 6.71. The molecule has 2 aliphatic carbocycles. The zero-order chi connectivity index (χ0) is 17.0. The van der Waals surface area contributed by atoms with Crippen molar-refractivity contribution in [3.63, 3.8) is 0 Å². The number of benzene rings is 1. The van der Waals surface area contributed by atoms with Gasteiger partial charge in [0.25, 0.3) is 0 Å². The molecule has 1 saturated carbocycles. The van der Waals surface area contributed by atoms with Crippen LogP contribution in [0.25, 0.3) is 0 Å². The van der Waals surface area contributed by atoms with Gasteiger partial charge in [-0.25, -0.2) is 8.78 Å². The Kier molecular flexibility index (Phi) is 5.12. The van der Waals surface area contributed by atoms with Gasteiger partial charge in [0.05, 0.1) is 5.41 Å². The molecule has 0 heterocycles. The SMILES string of the molecule is O=C(NCc1ccc(F)cc1)C1(C2=CC=CCC2F)CCCCC1. The summed E-state index contributed by atoms with van der Waals surface area (Å²) < 4.78 is 27.5. The van der Waals surface area contributed by atoms with Gasteiger partial charge in [-0.3, -0.25) is 4.79 Å². The number of alkyl halides is 1. The minimum absolute atomic E-state index is 0.101. The van der Waals surface area contributed by atoms with E-state index in [4.69, 9.17) is 0 Å². The van der Waals surface area contributed by atoms with Crippen molar-refractivity contribution in [3.8, 4) is 0 Å². The lowest BCUT2D eigenvalue weighted by atomic mass is 9.66. The Morgan fingerprint density at radius 1 is 1.17 bits per heavy atom. The summed E-state index contributed by atoms with van der Waals surface area (Å²) in [6.45, 7) is 0.334. The smallest absolute Gasteiger partial charge is 0.230 e. The minimum Gasteiger partial charge on any atom is -0.351 e. The van der Waals surface area contributed by atoms with Gasteiger partial charge < -0.3 is 5.32 Å². The van der Waals surface area contributed by atoms with Crippen LogP contribution in [0.5, 0.6) is 0 Å². The average molecular weight is 331 g/mol. The molecule has 1 aromatic rings. The molecule has 3 rings (SSSR count). The van der Waals surface area contributed by atoms with Crippen molar-refractivity contribution in [3.05, 3.63) is 59.4 Å². The Morgan fingerprint density at radius 3 is 2.54 bits per heavy atom. The summed E-state index contributed by atoms with van der Waals surface area (Å²) >= 11 is 0. The van der Waals surface area contributed by atoms with E-state index in [1.165, 1.54) is 12.1 Å². The van der Waals surface area contributed by atoms with Gasteiger partial charge in [0.15, 0.2) is 0 Å². The summed E-state index contributed by atoms with van der Waals surface area (Å²) in [5.41, 5.74) is 0.731. The van der Waals surface area contributed by atoms with Crippen molar-refractivity contribution in [2.45, 2.75) is 51.2 Å². The van der Waals surface area contributed by atoms with E-state index in [-0.39, 0.29) is 11.7 Å². The number of hydrogen-bond acceptors (Lipinski definition) is 1. The van der Waals surface area contributed by atoms with Gasteiger partial charge in [0.2, 0.25) is 5.91 Å². The van der Waals surface area contributed by atoms with Gasteiger partial charge in [0, 0.05) is 13.0 Å². The normalized spacial score (nSPS) is 22.8. The fourth-order valence-electron chi connectivity index (χ4n) is 3.82. The fourth-order valence-corrected chi connectivity index (χ4v) is 3.82. The molecule has 1 atom stereocenters. The predicted molar refractivity (Wildman–Crippen MR) is 90.5 cm³/mol. The van der Waals surface area contributed by atoms with E-state index in [2.05, 4.69) is 5.32 Å². The van der Waals surface area contributed by atoms with Crippen LogP contribution in [0.4, 0.5) is 8.78 Å². The lowest BCUT2D eigenvalue weighted by Crippen LogP contribution is -2.45. The molecule has 0 spiro atoms. The predicted octanol–water partition coefficient (Wildman–Crippen LogP) is 4.62. The number of allylic oxidation sites excluding steroid dienone is 3. The highest BCUT2D eigenvalue weighted by atomic mass is 19.1. The molecule has 1 aromatic carbocycles. The Morgan fingerprint density at radius 2 is 1.88 bits per heavy atom. The molecule has 1 amide bonds. The van der Waals surface area contributed by atoms with Crippen LogP contribution >= 0.6 is 0 Å². The molecule has 0 radical (unpaired) electrons. The molecular weight excluding hydrogens is 308 g/mol. The molecule has 0 saturated heterocycles. The second kappa shape index (κ2) is 7.29. The van der Waals surface area contributed by atoms with Crippen molar-refractivity contribution >= 4 is 5.91 Å². The van der Waals surface area contributed by atoms with Crippen LogP contribution in [0, 0.1) is 11.2 Å². The van der Waals surface area contributed by atoms with Gasteiger partial charge in [-0.1, -0.05) is 49.6 Å². The van der Waals surface area contributed by atoms with Gasteiger partial charge in [0.1, 0.15) is 12.0 Å². The van der Waals surface area contributed by atoms with Crippen molar-refractivity contribution in [2.24, 2.45) is 5.41 Å². The summed E-state index contributed by atoms with van der Waals surface area (Å²) in [5, 5.41) is 2.95. The Labute approximate surface area is 141 Å². The first-order valence-corrected chi connectivity index (χ1v) is 8.66. The van der Waals surface area contributed by atoms with Crippen LogP contribution in [-0.2, 0) is 11.3 Å². The number of carbonyl (C=O) groups is 1. The maximum absolute atomic E-state index is 14.5. The Balaban J connectivity index is 1.78. The van der Waals surface area contributed by atoms with Crippen molar-refractivity contribution in [1.29, 1.82) is 0 Å².